The van der Waals surface area contributed by atoms with Crippen LogP contribution >= 0.6 is 0 Å². The number of carbonyl (C=O) groups is 1. The topological polar surface area (TPSA) is 44.8 Å². The maximum Gasteiger partial charge on any atom is 0.525 e. The summed E-state index contributed by atoms with van der Waals surface area (Å²) in [6, 6.07) is 0. The standard InChI is InChI=1S/C13H20BF3O4/c1-7-19-10(18)13(16,17)8(2)9(15)14-20-11(3,4)12(5,6)21-14/h7H2,1-6H3. The molecule has 120 valence electrons. The molecule has 0 N–H and O–H groups in total. The fraction of sp³-hybridized carbons (Fsp3) is 0.769. The Balaban J connectivity index is 3.06. The summed E-state index contributed by atoms with van der Waals surface area (Å²) in [5.74, 6) is -5.86. The molecule has 0 unspecified atom stereocenters. The Morgan fingerprint density at radius 2 is 1.62 bits per heavy atom. The van der Waals surface area contributed by atoms with Gasteiger partial charge in [0, 0.05) is 5.57 Å². The van der Waals surface area contributed by atoms with Crippen LogP contribution in [-0.2, 0) is 18.8 Å². The molecule has 1 fully saturated rings. The van der Waals surface area contributed by atoms with Crippen LogP contribution in [0.2, 0.25) is 0 Å². The summed E-state index contributed by atoms with van der Waals surface area (Å²) in [7, 11) is -1.57. The molecule has 0 atom stereocenters. The molecule has 0 aromatic heterocycles. The van der Waals surface area contributed by atoms with Gasteiger partial charge in [0.25, 0.3) is 0 Å². The molecule has 8 heteroatoms. The van der Waals surface area contributed by atoms with E-state index in [1.54, 1.807) is 27.7 Å². The van der Waals surface area contributed by atoms with E-state index in [0.29, 0.717) is 0 Å². The summed E-state index contributed by atoms with van der Waals surface area (Å²) in [6.07, 6.45) is 0. The van der Waals surface area contributed by atoms with Gasteiger partial charge in [-0.1, -0.05) is 0 Å². The molecule has 0 aromatic carbocycles. The predicted molar refractivity (Wildman–Crippen MR) is 71.5 cm³/mol. The average molecular weight is 308 g/mol. The number of carbonyl (C=O) groups excluding carboxylic acids is 1. The van der Waals surface area contributed by atoms with Gasteiger partial charge in [0.05, 0.1) is 17.8 Å². The molecular weight excluding hydrogens is 288 g/mol. The van der Waals surface area contributed by atoms with Gasteiger partial charge in [-0.25, -0.2) is 9.18 Å². The molecule has 1 saturated heterocycles. The highest BCUT2D eigenvalue weighted by Crippen LogP contribution is 2.40. The number of alkyl halides is 2. The summed E-state index contributed by atoms with van der Waals surface area (Å²) in [5.41, 5.74) is -4.12. The highest BCUT2D eigenvalue weighted by atomic mass is 19.3. The van der Waals surface area contributed by atoms with Crippen LogP contribution in [0, 0.1) is 0 Å². The summed E-state index contributed by atoms with van der Waals surface area (Å²) < 4.78 is 56.8. The maximum atomic E-state index is 14.2. The van der Waals surface area contributed by atoms with Crippen LogP contribution in [0.3, 0.4) is 0 Å². The van der Waals surface area contributed by atoms with E-state index in [2.05, 4.69) is 4.74 Å². The molecule has 1 rings (SSSR count). The second kappa shape index (κ2) is 5.64. The summed E-state index contributed by atoms with van der Waals surface area (Å²) in [5, 5.41) is 0. The lowest BCUT2D eigenvalue weighted by molar-refractivity contribution is -0.166. The van der Waals surface area contributed by atoms with Crippen LogP contribution in [0.25, 0.3) is 0 Å². The van der Waals surface area contributed by atoms with Crippen LogP contribution in [-0.4, -0.2) is 36.8 Å². The monoisotopic (exact) mass is 308 g/mol. The van der Waals surface area contributed by atoms with Crippen molar-refractivity contribution in [2.75, 3.05) is 6.61 Å². The second-order valence-electron chi connectivity index (χ2n) is 5.86. The first-order valence-electron chi connectivity index (χ1n) is 6.64. The van der Waals surface area contributed by atoms with Crippen molar-refractivity contribution in [3.05, 3.63) is 11.3 Å². The number of ether oxygens (including phenoxy) is 1. The van der Waals surface area contributed by atoms with Crippen molar-refractivity contribution >= 4 is 13.1 Å². The average Bonchev–Trinajstić information content (AvgIpc) is 2.56. The van der Waals surface area contributed by atoms with Gasteiger partial charge in [-0.05, 0) is 41.5 Å². The molecule has 0 amide bonds. The number of halogens is 3. The first-order chi connectivity index (χ1) is 9.37. The van der Waals surface area contributed by atoms with Gasteiger partial charge in [0.2, 0.25) is 0 Å². The van der Waals surface area contributed by atoms with E-state index in [9.17, 15) is 18.0 Å². The van der Waals surface area contributed by atoms with Gasteiger partial charge in [-0.3, -0.25) is 0 Å². The third kappa shape index (κ3) is 3.26. The fourth-order valence-electron chi connectivity index (χ4n) is 1.65. The zero-order chi connectivity index (χ0) is 16.6. The first-order valence-corrected chi connectivity index (χ1v) is 6.64. The second-order valence-corrected chi connectivity index (χ2v) is 5.86. The third-order valence-electron chi connectivity index (χ3n) is 3.82. The van der Waals surface area contributed by atoms with Crippen molar-refractivity contribution in [2.24, 2.45) is 0 Å². The Hall–Kier alpha value is -1.02. The largest absolute Gasteiger partial charge is 0.525 e. The molecule has 21 heavy (non-hydrogen) atoms. The Morgan fingerprint density at radius 1 is 1.19 bits per heavy atom. The minimum absolute atomic E-state index is 0.222. The van der Waals surface area contributed by atoms with E-state index in [0.717, 1.165) is 6.92 Å². The Morgan fingerprint density at radius 3 is 2.00 bits per heavy atom. The summed E-state index contributed by atoms with van der Waals surface area (Å²) >= 11 is 0. The Bertz CT molecular complexity index is 444. The molecule has 1 aliphatic heterocycles. The molecule has 0 spiro atoms. The Labute approximate surface area is 122 Å². The van der Waals surface area contributed by atoms with Crippen molar-refractivity contribution in [1.29, 1.82) is 0 Å². The predicted octanol–water partition coefficient (Wildman–Crippen LogP) is 3.06. The van der Waals surface area contributed by atoms with Crippen molar-refractivity contribution in [3.8, 4) is 0 Å². The van der Waals surface area contributed by atoms with Crippen LogP contribution < -0.4 is 0 Å². The number of hydrogen-bond acceptors (Lipinski definition) is 4. The molecule has 1 heterocycles. The molecule has 0 bridgehead atoms. The van der Waals surface area contributed by atoms with E-state index in [-0.39, 0.29) is 6.61 Å². The van der Waals surface area contributed by atoms with Gasteiger partial charge in [0.15, 0.2) is 0 Å². The molecule has 0 saturated carbocycles. The quantitative estimate of drug-likeness (QED) is 0.591. The third-order valence-corrected chi connectivity index (χ3v) is 3.82. The lowest BCUT2D eigenvalue weighted by atomic mass is 9.83. The van der Waals surface area contributed by atoms with Crippen LogP contribution in [0.1, 0.15) is 41.5 Å². The van der Waals surface area contributed by atoms with Crippen molar-refractivity contribution in [3.63, 3.8) is 0 Å². The zero-order valence-corrected chi connectivity index (χ0v) is 13.1. The normalized spacial score (nSPS) is 22.0. The van der Waals surface area contributed by atoms with Crippen molar-refractivity contribution < 1.29 is 32.0 Å². The van der Waals surface area contributed by atoms with Gasteiger partial charge >= 0.3 is 19.0 Å². The molecule has 0 aliphatic carbocycles. The van der Waals surface area contributed by atoms with Crippen LogP contribution in [0.15, 0.2) is 11.3 Å². The minimum atomic E-state index is -4.07. The smallest absolute Gasteiger partial charge is 0.461 e. The molecule has 1 aliphatic rings. The molecule has 0 radical (unpaired) electrons. The van der Waals surface area contributed by atoms with Gasteiger partial charge < -0.3 is 14.0 Å². The highest BCUT2D eigenvalue weighted by Gasteiger charge is 2.55. The van der Waals surface area contributed by atoms with Gasteiger partial charge in [-0.2, -0.15) is 8.78 Å². The van der Waals surface area contributed by atoms with E-state index >= 15 is 0 Å². The van der Waals surface area contributed by atoms with Crippen LogP contribution in [0.5, 0.6) is 0 Å². The molecule has 0 aromatic rings. The lowest BCUT2D eigenvalue weighted by Crippen LogP contribution is -2.41. The molecular formula is C13H20BF3O4. The number of rotatable bonds is 4. The van der Waals surface area contributed by atoms with E-state index in [4.69, 9.17) is 9.31 Å². The van der Waals surface area contributed by atoms with Gasteiger partial charge in [0.1, 0.15) is 5.73 Å². The maximum absolute atomic E-state index is 14.2. The number of esters is 1. The minimum Gasteiger partial charge on any atom is -0.461 e. The molecule has 4 nitrogen and oxygen atoms in total. The lowest BCUT2D eigenvalue weighted by Gasteiger charge is -2.32. The van der Waals surface area contributed by atoms with Gasteiger partial charge in [-0.15, -0.1) is 0 Å². The van der Waals surface area contributed by atoms with E-state index in [1.807, 2.05) is 0 Å². The van der Waals surface area contributed by atoms with E-state index in [1.165, 1.54) is 6.92 Å². The highest BCUT2D eigenvalue weighted by molar-refractivity contribution is 6.54. The van der Waals surface area contributed by atoms with Crippen LogP contribution in [0.4, 0.5) is 13.2 Å². The van der Waals surface area contributed by atoms with E-state index < -0.39 is 41.5 Å². The van der Waals surface area contributed by atoms with Crippen molar-refractivity contribution in [1.82, 2.24) is 0 Å². The zero-order valence-electron chi connectivity index (χ0n) is 13.1. The van der Waals surface area contributed by atoms with Crippen molar-refractivity contribution in [2.45, 2.75) is 58.7 Å². The number of hydrogen-bond donors (Lipinski definition) is 0. The Kier molecular flexibility index (Phi) is 4.85. The fourth-order valence-corrected chi connectivity index (χ4v) is 1.65. The first kappa shape index (κ1) is 18.0. The summed E-state index contributed by atoms with van der Waals surface area (Å²) in [6.45, 7) is 8.64. The summed E-state index contributed by atoms with van der Waals surface area (Å²) in [4.78, 5) is 11.2. The SMILES string of the molecule is CCOC(=O)C(F)(F)C(C)=C(F)B1OC(C)(C)C(C)(C)O1.